The molecule has 1 unspecified atom stereocenters. The van der Waals surface area contributed by atoms with Crippen molar-refractivity contribution in [1.29, 1.82) is 0 Å². The van der Waals surface area contributed by atoms with Crippen LogP contribution in [0, 0.1) is 0 Å². The molecule has 1 aromatic carbocycles. The van der Waals surface area contributed by atoms with Crippen molar-refractivity contribution < 1.29 is 12.9 Å². The molecule has 0 amide bonds. The Labute approximate surface area is 78.4 Å². The highest BCUT2D eigenvalue weighted by Gasteiger charge is 2.03. The van der Waals surface area contributed by atoms with Crippen molar-refractivity contribution in [3.63, 3.8) is 0 Å². The Hall–Kier alpha value is -1.27. The van der Waals surface area contributed by atoms with Crippen molar-refractivity contribution in [2.45, 2.75) is 0 Å². The van der Waals surface area contributed by atoms with Gasteiger partial charge in [-0.1, -0.05) is 0 Å². The van der Waals surface area contributed by atoms with Gasteiger partial charge in [-0.3, -0.25) is 4.55 Å². The molecule has 0 aliphatic carbocycles. The fourth-order valence-electron chi connectivity index (χ4n) is 0.857. The predicted octanol–water partition coefficient (Wildman–Crippen LogP) is 0.826. The van der Waals surface area contributed by atoms with Crippen LogP contribution in [-0.2, 0) is 11.4 Å². The van der Waals surface area contributed by atoms with Gasteiger partial charge in [0.25, 0.3) is 0 Å². The van der Waals surface area contributed by atoms with E-state index in [1.807, 2.05) is 0 Å². The molecule has 6 heteroatoms. The third kappa shape index (κ3) is 2.60. The minimum atomic E-state index is -2.34. The van der Waals surface area contributed by atoms with Gasteiger partial charge in [0.15, 0.2) is 5.75 Å². The van der Waals surface area contributed by atoms with Crippen molar-refractivity contribution in [1.82, 2.24) is 0 Å². The summed E-state index contributed by atoms with van der Waals surface area (Å²) >= 11 is -2.34. The first kappa shape index (κ1) is 9.82. The summed E-state index contributed by atoms with van der Waals surface area (Å²) in [6.07, 6.45) is 0. The fourth-order valence-corrected chi connectivity index (χ4v) is 1.16. The fraction of sp³-hybridized carbons (Fsp3) is 0.143. The maximum absolute atomic E-state index is 10.3. The summed E-state index contributed by atoms with van der Waals surface area (Å²) in [6.45, 7) is 0. The molecule has 0 fully saturated rings. The third-order valence-electron chi connectivity index (χ3n) is 1.46. The van der Waals surface area contributed by atoms with Crippen LogP contribution in [0.2, 0.25) is 0 Å². The summed E-state index contributed by atoms with van der Waals surface area (Å²) in [5.74, 6) is 0.194. The van der Waals surface area contributed by atoms with Crippen LogP contribution in [0.5, 0.6) is 5.75 Å². The highest BCUT2D eigenvalue weighted by molar-refractivity contribution is 7.74. The lowest BCUT2D eigenvalue weighted by molar-refractivity contribution is 0.459. The second kappa shape index (κ2) is 4.11. The van der Waals surface area contributed by atoms with Gasteiger partial charge < -0.3 is 15.2 Å². The van der Waals surface area contributed by atoms with E-state index in [2.05, 4.69) is 9.50 Å². The van der Waals surface area contributed by atoms with E-state index in [-0.39, 0.29) is 5.75 Å². The third-order valence-corrected chi connectivity index (χ3v) is 1.78. The molecule has 0 bridgehead atoms. The lowest BCUT2D eigenvalue weighted by atomic mass is 10.2. The van der Waals surface area contributed by atoms with Crippen molar-refractivity contribution in [3.8, 4) is 5.75 Å². The van der Waals surface area contributed by atoms with E-state index in [0.29, 0.717) is 5.69 Å². The van der Waals surface area contributed by atoms with Crippen molar-refractivity contribution >= 4 is 22.7 Å². The first-order valence-corrected chi connectivity index (χ1v) is 4.53. The number of benzene rings is 1. The van der Waals surface area contributed by atoms with E-state index in [0.717, 1.165) is 5.69 Å². The van der Waals surface area contributed by atoms with Crippen LogP contribution in [0.15, 0.2) is 18.2 Å². The zero-order valence-electron chi connectivity index (χ0n) is 6.98. The second-order valence-corrected chi connectivity index (χ2v) is 2.90. The molecule has 0 aromatic heterocycles. The van der Waals surface area contributed by atoms with Crippen molar-refractivity contribution in [3.05, 3.63) is 18.2 Å². The summed E-state index contributed by atoms with van der Waals surface area (Å²) in [5, 5.41) is 2.87. The number of hydrogen-bond acceptors (Lipinski definition) is 4. The SMILES string of the molecule is CNc1ccc(OS(=O)O)c(N)c1. The Bertz CT molecular complexity index is 330. The monoisotopic (exact) mass is 202 g/mol. The molecule has 0 saturated carbocycles. The van der Waals surface area contributed by atoms with Crippen LogP contribution >= 0.6 is 0 Å². The largest absolute Gasteiger partial charge is 0.396 e. The van der Waals surface area contributed by atoms with Gasteiger partial charge in [-0.25, -0.2) is 0 Å². The molecule has 0 aliphatic rings. The maximum atomic E-state index is 10.3. The molecule has 0 saturated heterocycles. The standard InChI is InChI=1S/C7H10N2O3S/c1-9-5-2-3-7(6(8)4-5)12-13(10)11/h2-4,9H,8H2,1H3,(H,10,11). The van der Waals surface area contributed by atoms with Gasteiger partial charge >= 0.3 is 11.4 Å². The summed E-state index contributed by atoms with van der Waals surface area (Å²) in [7, 11) is 1.75. The molecule has 0 heterocycles. The molecule has 1 atom stereocenters. The molecule has 5 nitrogen and oxygen atoms in total. The van der Waals surface area contributed by atoms with Gasteiger partial charge in [-0.2, -0.15) is 4.21 Å². The molecular formula is C7H10N2O3S. The Balaban J connectivity index is 2.91. The Morgan fingerprint density at radius 2 is 2.31 bits per heavy atom. The number of nitrogens with two attached hydrogens (primary N) is 1. The highest BCUT2D eigenvalue weighted by atomic mass is 32.2. The highest BCUT2D eigenvalue weighted by Crippen LogP contribution is 2.25. The molecule has 1 aromatic rings. The van der Waals surface area contributed by atoms with E-state index in [4.69, 9.17) is 10.3 Å². The van der Waals surface area contributed by atoms with Crippen LogP contribution in [0.1, 0.15) is 0 Å². The number of nitrogens with one attached hydrogen (secondary N) is 1. The van der Waals surface area contributed by atoms with E-state index in [1.165, 1.54) is 6.07 Å². The van der Waals surface area contributed by atoms with Crippen LogP contribution in [-0.4, -0.2) is 15.8 Å². The van der Waals surface area contributed by atoms with Crippen LogP contribution < -0.4 is 15.2 Å². The first-order valence-electron chi connectivity index (χ1n) is 3.50. The summed E-state index contributed by atoms with van der Waals surface area (Å²) in [5.41, 5.74) is 6.66. The topological polar surface area (TPSA) is 84.6 Å². The summed E-state index contributed by atoms with van der Waals surface area (Å²) in [4.78, 5) is 0. The average molecular weight is 202 g/mol. The molecular weight excluding hydrogens is 192 g/mol. The zero-order chi connectivity index (χ0) is 9.84. The lowest BCUT2D eigenvalue weighted by Gasteiger charge is -2.06. The molecule has 0 spiro atoms. The molecule has 0 aliphatic heterocycles. The number of nitrogen functional groups attached to an aromatic ring is 1. The van der Waals surface area contributed by atoms with E-state index in [1.54, 1.807) is 19.2 Å². The van der Waals surface area contributed by atoms with Crippen LogP contribution in [0.3, 0.4) is 0 Å². The number of hydrogen-bond donors (Lipinski definition) is 3. The molecule has 13 heavy (non-hydrogen) atoms. The van der Waals surface area contributed by atoms with Gasteiger partial charge in [0.05, 0.1) is 5.69 Å². The Kier molecular flexibility index (Phi) is 3.10. The number of anilines is 2. The van der Waals surface area contributed by atoms with Gasteiger partial charge in [-0.15, -0.1) is 0 Å². The van der Waals surface area contributed by atoms with Gasteiger partial charge in [-0.05, 0) is 18.2 Å². The predicted molar refractivity (Wildman–Crippen MR) is 51.8 cm³/mol. The van der Waals surface area contributed by atoms with E-state index >= 15 is 0 Å². The zero-order valence-corrected chi connectivity index (χ0v) is 7.80. The quantitative estimate of drug-likeness (QED) is 0.499. The van der Waals surface area contributed by atoms with Crippen molar-refractivity contribution in [2.75, 3.05) is 18.1 Å². The molecule has 4 N–H and O–H groups in total. The smallest absolute Gasteiger partial charge is 0.357 e. The second-order valence-electron chi connectivity index (χ2n) is 2.30. The van der Waals surface area contributed by atoms with E-state index < -0.39 is 11.4 Å². The average Bonchev–Trinajstić information content (AvgIpc) is 2.08. The van der Waals surface area contributed by atoms with Crippen LogP contribution in [0.4, 0.5) is 11.4 Å². The Morgan fingerprint density at radius 3 is 2.77 bits per heavy atom. The molecule has 1 rings (SSSR count). The van der Waals surface area contributed by atoms with E-state index in [9.17, 15) is 4.21 Å². The van der Waals surface area contributed by atoms with Gasteiger partial charge in [0.1, 0.15) is 0 Å². The lowest BCUT2D eigenvalue weighted by Crippen LogP contribution is -2.01. The van der Waals surface area contributed by atoms with Gasteiger partial charge in [0, 0.05) is 12.7 Å². The van der Waals surface area contributed by atoms with Gasteiger partial charge in [0.2, 0.25) is 0 Å². The Morgan fingerprint density at radius 1 is 1.62 bits per heavy atom. The molecule has 0 radical (unpaired) electrons. The van der Waals surface area contributed by atoms with Crippen LogP contribution in [0.25, 0.3) is 0 Å². The summed E-state index contributed by atoms with van der Waals surface area (Å²) < 4.78 is 23.2. The first-order chi connectivity index (χ1) is 6.13. The maximum Gasteiger partial charge on any atom is 0.357 e. The number of rotatable bonds is 3. The minimum absolute atomic E-state index is 0.194. The summed E-state index contributed by atoms with van der Waals surface area (Å²) in [6, 6.07) is 4.83. The molecule has 72 valence electrons. The van der Waals surface area contributed by atoms with Crippen molar-refractivity contribution in [2.24, 2.45) is 0 Å². The minimum Gasteiger partial charge on any atom is -0.396 e. The normalized spacial score (nSPS) is 12.2.